The number of rotatable bonds is 5. The maximum atomic E-state index is 9.92. The highest BCUT2D eigenvalue weighted by molar-refractivity contribution is 6.32. The average Bonchev–Trinajstić information content (AvgIpc) is 2.32. The molecule has 0 bridgehead atoms. The minimum Gasteiger partial charge on any atom is -0.390 e. The van der Waals surface area contributed by atoms with Crippen LogP contribution in [0.2, 0.25) is 5.02 Å². The van der Waals surface area contributed by atoms with Crippen molar-refractivity contribution in [2.75, 3.05) is 6.54 Å². The Morgan fingerprint density at radius 3 is 2.82 bits per heavy atom. The van der Waals surface area contributed by atoms with E-state index in [2.05, 4.69) is 10.0 Å². The molecule has 0 aliphatic carbocycles. The second-order valence-corrected chi connectivity index (χ2v) is 4.11. The topological polar surface area (TPSA) is 89.2 Å². The summed E-state index contributed by atoms with van der Waals surface area (Å²) >= 11 is 6.04. The van der Waals surface area contributed by atoms with Gasteiger partial charge in [0.15, 0.2) is 0 Å². The Hall–Kier alpha value is -1.26. The molecule has 2 unspecified atom stereocenters. The van der Waals surface area contributed by atoms with Crippen molar-refractivity contribution in [1.82, 2.24) is 0 Å². The zero-order valence-corrected chi connectivity index (χ0v) is 10.2. The zero-order valence-electron chi connectivity index (χ0n) is 9.41. The first-order valence-electron chi connectivity index (χ1n) is 5.20. The molecular weight excluding hydrogens is 242 g/mol. The Bertz CT molecular complexity index is 433. The summed E-state index contributed by atoms with van der Waals surface area (Å²) in [6.07, 6.45) is -1.88. The smallest absolute Gasteiger partial charge is 0.106 e. The molecule has 17 heavy (non-hydrogen) atoms. The monoisotopic (exact) mass is 255 g/mol. The standard InChI is InChI=1S/C11H14ClN3O2/c1-7-3-2-4-8(10(7)12)11(17)9(16)5-6-14-15-13/h2-4,9,11,16-17H,5-6H2,1H3. The van der Waals surface area contributed by atoms with Gasteiger partial charge >= 0.3 is 0 Å². The second-order valence-electron chi connectivity index (χ2n) is 3.73. The van der Waals surface area contributed by atoms with Gasteiger partial charge in [-0.25, -0.2) is 0 Å². The number of benzene rings is 1. The molecule has 6 heteroatoms. The highest BCUT2D eigenvalue weighted by Crippen LogP contribution is 2.28. The Kier molecular flexibility index (Phi) is 5.25. The van der Waals surface area contributed by atoms with Gasteiger partial charge in [-0.05, 0) is 24.4 Å². The van der Waals surface area contributed by atoms with E-state index in [-0.39, 0.29) is 13.0 Å². The largest absolute Gasteiger partial charge is 0.390 e. The van der Waals surface area contributed by atoms with Gasteiger partial charge in [-0.3, -0.25) is 0 Å². The zero-order chi connectivity index (χ0) is 12.8. The van der Waals surface area contributed by atoms with Crippen molar-refractivity contribution in [2.45, 2.75) is 25.6 Å². The predicted octanol–water partition coefficient (Wildman–Crippen LogP) is 2.74. The van der Waals surface area contributed by atoms with Gasteiger partial charge in [-0.1, -0.05) is 34.9 Å². The molecule has 0 aliphatic rings. The quantitative estimate of drug-likeness (QED) is 0.481. The number of aryl methyl sites for hydroxylation is 1. The predicted molar refractivity (Wildman–Crippen MR) is 65.8 cm³/mol. The molecular formula is C11H14ClN3O2. The molecule has 0 aliphatic heterocycles. The summed E-state index contributed by atoms with van der Waals surface area (Å²) in [5.41, 5.74) is 9.43. The molecule has 0 saturated carbocycles. The third-order valence-electron chi connectivity index (χ3n) is 2.49. The second kappa shape index (κ2) is 6.47. The fraction of sp³-hybridized carbons (Fsp3) is 0.455. The number of aliphatic hydroxyl groups is 2. The van der Waals surface area contributed by atoms with Gasteiger partial charge in [0.25, 0.3) is 0 Å². The molecule has 0 amide bonds. The maximum Gasteiger partial charge on any atom is 0.106 e. The van der Waals surface area contributed by atoms with E-state index >= 15 is 0 Å². The van der Waals surface area contributed by atoms with E-state index in [9.17, 15) is 10.2 Å². The molecule has 92 valence electrons. The van der Waals surface area contributed by atoms with E-state index in [0.29, 0.717) is 10.6 Å². The van der Waals surface area contributed by atoms with Gasteiger partial charge < -0.3 is 10.2 Å². The SMILES string of the molecule is Cc1cccc(C(O)C(O)CCN=[N+]=[N-])c1Cl. The van der Waals surface area contributed by atoms with Crippen LogP contribution in [0.5, 0.6) is 0 Å². The maximum absolute atomic E-state index is 9.92. The van der Waals surface area contributed by atoms with Crippen LogP contribution in [-0.4, -0.2) is 22.9 Å². The molecule has 0 heterocycles. The molecule has 0 fully saturated rings. The Morgan fingerprint density at radius 2 is 2.18 bits per heavy atom. The molecule has 0 aromatic heterocycles. The number of azide groups is 1. The van der Waals surface area contributed by atoms with Crippen LogP contribution in [-0.2, 0) is 0 Å². The van der Waals surface area contributed by atoms with E-state index in [1.165, 1.54) is 0 Å². The molecule has 2 atom stereocenters. The summed E-state index contributed by atoms with van der Waals surface area (Å²) in [6.45, 7) is 1.96. The molecule has 0 spiro atoms. The number of nitrogens with zero attached hydrogens (tertiary/aromatic N) is 3. The summed E-state index contributed by atoms with van der Waals surface area (Å²) in [5.74, 6) is 0. The third kappa shape index (κ3) is 3.61. The van der Waals surface area contributed by atoms with Crippen molar-refractivity contribution < 1.29 is 10.2 Å². The molecule has 0 saturated heterocycles. The van der Waals surface area contributed by atoms with Crippen LogP contribution < -0.4 is 0 Å². The van der Waals surface area contributed by atoms with Gasteiger partial charge in [-0.15, -0.1) is 0 Å². The molecule has 1 aromatic carbocycles. The van der Waals surface area contributed by atoms with Crippen LogP contribution in [0.25, 0.3) is 10.4 Å². The van der Waals surface area contributed by atoms with Crippen molar-refractivity contribution in [3.8, 4) is 0 Å². The lowest BCUT2D eigenvalue weighted by molar-refractivity contribution is 0.0151. The summed E-state index contributed by atoms with van der Waals surface area (Å²) in [7, 11) is 0. The normalized spacial score (nSPS) is 13.9. The number of hydrogen-bond acceptors (Lipinski definition) is 3. The van der Waals surface area contributed by atoms with E-state index in [1.807, 2.05) is 13.0 Å². The highest BCUT2D eigenvalue weighted by atomic mass is 35.5. The van der Waals surface area contributed by atoms with Gasteiger partial charge in [-0.2, -0.15) is 0 Å². The fourth-order valence-corrected chi connectivity index (χ4v) is 1.74. The van der Waals surface area contributed by atoms with E-state index < -0.39 is 12.2 Å². The van der Waals surface area contributed by atoms with Crippen molar-refractivity contribution in [2.24, 2.45) is 5.11 Å². The number of hydrogen-bond donors (Lipinski definition) is 2. The van der Waals surface area contributed by atoms with Crippen LogP contribution in [0.3, 0.4) is 0 Å². The summed E-state index contributed by atoms with van der Waals surface area (Å²) in [4.78, 5) is 2.58. The first-order valence-corrected chi connectivity index (χ1v) is 5.57. The number of aliphatic hydroxyl groups excluding tert-OH is 2. The first kappa shape index (κ1) is 13.8. The number of halogens is 1. The Labute approximate surface area is 104 Å². The average molecular weight is 256 g/mol. The van der Waals surface area contributed by atoms with Crippen LogP contribution >= 0.6 is 11.6 Å². The van der Waals surface area contributed by atoms with Gasteiger partial charge in [0.1, 0.15) is 6.10 Å². The minimum absolute atomic E-state index is 0.137. The Morgan fingerprint density at radius 1 is 1.47 bits per heavy atom. The van der Waals surface area contributed by atoms with Crippen LogP contribution in [0.15, 0.2) is 23.3 Å². The van der Waals surface area contributed by atoms with Crippen molar-refractivity contribution in [3.63, 3.8) is 0 Å². The van der Waals surface area contributed by atoms with Crippen molar-refractivity contribution in [1.29, 1.82) is 0 Å². The first-order chi connectivity index (χ1) is 8.07. The molecule has 0 radical (unpaired) electrons. The van der Waals surface area contributed by atoms with Crippen LogP contribution in [0.4, 0.5) is 0 Å². The molecule has 5 nitrogen and oxygen atoms in total. The lowest BCUT2D eigenvalue weighted by Crippen LogP contribution is -2.19. The lowest BCUT2D eigenvalue weighted by atomic mass is 10.0. The summed E-state index contributed by atoms with van der Waals surface area (Å²) in [5, 5.41) is 23.4. The lowest BCUT2D eigenvalue weighted by Gasteiger charge is -2.19. The Balaban J connectivity index is 2.77. The van der Waals surface area contributed by atoms with Crippen molar-refractivity contribution >= 4 is 11.6 Å². The van der Waals surface area contributed by atoms with Gasteiger partial charge in [0.05, 0.1) is 6.10 Å². The molecule has 2 N–H and O–H groups in total. The molecule has 1 aromatic rings. The van der Waals surface area contributed by atoms with Crippen molar-refractivity contribution in [3.05, 3.63) is 44.8 Å². The van der Waals surface area contributed by atoms with Crippen LogP contribution in [0, 0.1) is 6.92 Å². The highest BCUT2D eigenvalue weighted by Gasteiger charge is 2.20. The third-order valence-corrected chi connectivity index (χ3v) is 3.01. The van der Waals surface area contributed by atoms with E-state index in [4.69, 9.17) is 17.1 Å². The van der Waals surface area contributed by atoms with E-state index in [0.717, 1.165) is 5.56 Å². The summed E-state index contributed by atoms with van der Waals surface area (Å²) in [6, 6.07) is 5.25. The minimum atomic E-state index is -1.07. The van der Waals surface area contributed by atoms with Gasteiger partial charge in [0.2, 0.25) is 0 Å². The van der Waals surface area contributed by atoms with Crippen LogP contribution in [0.1, 0.15) is 23.7 Å². The van der Waals surface area contributed by atoms with Gasteiger partial charge in [0, 0.05) is 22.0 Å². The summed E-state index contributed by atoms with van der Waals surface area (Å²) < 4.78 is 0. The molecule has 1 rings (SSSR count). The van der Waals surface area contributed by atoms with E-state index in [1.54, 1.807) is 12.1 Å². The fourth-order valence-electron chi connectivity index (χ4n) is 1.50.